The van der Waals surface area contributed by atoms with Gasteiger partial charge in [0.1, 0.15) is 5.75 Å². The number of ether oxygens (including phenoxy) is 1. The number of anilines is 1. The standard InChI is InChI=1S/C22H23ClN4O3S2/c1-30-18-6-8-19(9-7-18)32(28,29)27-12-10-22(11-13-27)14-26(15-22)21-24-20(25-31-21)16-2-4-17(23)5-3-16/h2-9H,10-15H2,1H3. The molecule has 2 aromatic carbocycles. The Kier molecular flexibility index (Phi) is 5.61. The van der Waals surface area contributed by atoms with Gasteiger partial charge in [-0.15, -0.1) is 0 Å². The topological polar surface area (TPSA) is 75.6 Å². The van der Waals surface area contributed by atoms with Crippen LogP contribution in [0, 0.1) is 5.41 Å². The average Bonchev–Trinajstić information content (AvgIpc) is 3.28. The molecular formula is C22H23ClN4O3S2. The normalized spacial score (nSPS) is 18.5. The number of nitrogens with zero attached hydrogens (tertiary/aromatic N) is 4. The molecular weight excluding hydrogens is 468 g/mol. The van der Waals surface area contributed by atoms with Crippen LogP contribution in [0.15, 0.2) is 53.4 Å². The van der Waals surface area contributed by atoms with E-state index in [-0.39, 0.29) is 5.41 Å². The molecule has 0 unspecified atom stereocenters. The van der Waals surface area contributed by atoms with Gasteiger partial charge >= 0.3 is 0 Å². The van der Waals surface area contributed by atoms with Crippen LogP contribution >= 0.6 is 23.1 Å². The summed E-state index contributed by atoms with van der Waals surface area (Å²) in [5.74, 6) is 1.36. The molecule has 3 heterocycles. The summed E-state index contributed by atoms with van der Waals surface area (Å²) in [5.41, 5.74) is 1.10. The van der Waals surface area contributed by atoms with Crippen molar-refractivity contribution in [3.63, 3.8) is 0 Å². The lowest BCUT2D eigenvalue weighted by Crippen LogP contribution is -2.61. The first-order valence-corrected chi connectivity index (χ1v) is 13.0. The van der Waals surface area contributed by atoms with Crippen LogP contribution in [-0.4, -0.2) is 55.4 Å². The Morgan fingerprint density at radius 3 is 2.31 bits per heavy atom. The highest BCUT2D eigenvalue weighted by Crippen LogP contribution is 2.44. The molecule has 2 saturated heterocycles. The van der Waals surface area contributed by atoms with E-state index in [0.29, 0.717) is 34.6 Å². The van der Waals surface area contributed by atoms with Crippen LogP contribution in [0.3, 0.4) is 0 Å². The molecule has 0 radical (unpaired) electrons. The third-order valence-corrected chi connectivity index (χ3v) is 9.26. The van der Waals surface area contributed by atoms with E-state index in [9.17, 15) is 8.42 Å². The highest BCUT2D eigenvalue weighted by Gasteiger charge is 2.47. The van der Waals surface area contributed by atoms with Crippen LogP contribution < -0.4 is 9.64 Å². The van der Waals surface area contributed by atoms with Gasteiger partial charge in [-0.1, -0.05) is 11.6 Å². The first kappa shape index (κ1) is 21.6. The molecule has 2 aliphatic rings. The number of benzene rings is 2. The fraction of sp³-hybridized carbons (Fsp3) is 0.364. The lowest BCUT2D eigenvalue weighted by Gasteiger charge is -2.53. The van der Waals surface area contributed by atoms with Crippen molar-refractivity contribution in [1.82, 2.24) is 13.7 Å². The van der Waals surface area contributed by atoms with Gasteiger partial charge in [-0.25, -0.2) is 8.42 Å². The Bertz CT molecular complexity index is 1200. The summed E-state index contributed by atoms with van der Waals surface area (Å²) in [5, 5.41) is 1.60. The van der Waals surface area contributed by atoms with E-state index in [0.717, 1.165) is 36.6 Å². The Hall–Kier alpha value is -2.20. The van der Waals surface area contributed by atoms with Crippen LogP contribution in [0.5, 0.6) is 5.75 Å². The SMILES string of the molecule is COc1ccc(S(=O)(=O)N2CCC3(CC2)CN(c2nc(-c4ccc(Cl)cc4)ns2)C3)cc1. The second kappa shape index (κ2) is 8.30. The highest BCUT2D eigenvalue weighted by atomic mass is 35.5. The molecule has 1 spiro atoms. The largest absolute Gasteiger partial charge is 0.497 e. The summed E-state index contributed by atoms with van der Waals surface area (Å²) < 4.78 is 37.2. The predicted molar refractivity (Wildman–Crippen MR) is 126 cm³/mol. The van der Waals surface area contributed by atoms with Gasteiger partial charge in [0, 0.05) is 53.7 Å². The van der Waals surface area contributed by atoms with Gasteiger partial charge < -0.3 is 9.64 Å². The minimum atomic E-state index is -3.48. The van der Waals surface area contributed by atoms with E-state index in [4.69, 9.17) is 21.3 Å². The Labute approximate surface area is 196 Å². The van der Waals surface area contributed by atoms with Crippen molar-refractivity contribution in [3.8, 4) is 17.1 Å². The van der Waals surface area contributed by atoms with E-state index in [1.54, 1.807) is 35.7 Å². The molecule has 0 atom stereocenters. The van der Waals surface area contributed by atoms with Gasteiger partial charge in [0.25, 0.3) is 0 Å². The van der Waals surface area contributed by atoms with Crippen LogP contribution in [0.4, 0.5) is 5.13 Å². The fourth-order valence-electron chi connectivity index (χ4n) is 4.37. The van der Waals surface area contributed by atoms with Gasteiger partial charge in [-0.2, -0.15) is 13.7 Å². The highest BCUT2D eigenvalue weighted by molar-refractivity contribution is 7.89. The quantitative estimate of drug-likeness (QED) is 0.534. The Morgan fingerprint density at radius 2 is 1.69 bits per heavy atom. The van der Waals surface area contributed by atoms with Crippen LogP contribution in [0.1, 0.15) is 12.8 Å². The molecule has 7 nitrogen and oxygen atoms in total. The van der Waals surface area contributed by atoms with E-state index in [1.165, 1.54) is 11.5 Å². The molecule has 0 N–H and O–H groups in total. The summed E-state index contributed by atoms with van der Waals surface area (Å²) in [7, 11) is -1.92. The molecule has 0 saturated carbocycles. The molecule has 0 amide bonds. The number of hydrogen-bond acceptors (Lipinski definition) is 7. The monoisotopic (exact) mass is 490 g/mol. The smallest absolute Gasteiger partial charge is 0.243 e. The third kappa shape index (κ3) is 3.98. The van der Waals surface area contributed by atoms with E-state index in [2.05, 4.69) is 9.27 Å². The molecule has 0 aliphatic carbocycles. The van der Waals surface area contributed by atoms with E-state index in [1.807, 2.05) is 24.3 Å². The van der Waals surface area contributed by atoms with Crippen molar-refractivity contribution in [2.45, 2.75) is 17.7 Å². The second-order valence-corrected chi connectivity index (χ2v) is 11.4. The van der Waals surface area contributed by atoms with Gasteiger partial charge in [0.2, 0.25) is 15.2 Å². The molecule has 2 fully saturated rings. The van der Waals surface area contributed by atoms with Crippen molar-refractivity contribution < 1.29 is 13.2 Å². The Morgan fingerprint density at radius 1 is 1.03 bits per heavy atom. The van der Waals surface area contributed by atoms with Crippen LogP contribution in [0.25, 0.3) is 11.4 Å². The van der Waals surface area contributed by atoms with Gasteiger partial charge in [0.15, 0.2) is 5.82 Å². The maximum atomic E-state index is 13.0. The summed E-state index contributed by atoms with van der Waals surface area (Å²) in [6.07, 6.45) is 1.70. The van der Waals surface area contributed by atoms with Crippen LogP contribution in [0.2, 0.25) is 5.02 Å². The van der Waals surface area contributed by atoms with E-state index >= 15 is 0 Å². The van der Waals surface area contributed by atoms with E-state index < -0.39 is 10.0 Å². The number of halogens is 1. The van der Waals surface area contributed by atoms with Gasteiger partial charge in [-0.05, 0) is 61.4 Å². The molecule has 168 valence electrons. The number of hydrogen-bond donors (Lipinski definition) is 0. The number of methoxy groups -OCH3 is 1. The fourth-order valence-corrected chi connectivity index (χ4v) is 6.63. The zero-order valence-corrected chi connectivity index (χ0v) is 20.0. The third-order valence-electron chi connectivity index (χ3n) is 6.32. The zero-order chi connectivity index (χ0) is 22.3. The van der Waals surface area contributed by atoms with Crippen molar-refractivity contribution in [3.05, 3.63) is 53.6 Å². The maximum absolute atomic E-state index is 13.0. The molecule has 3 aromatic rings. The molecule has 1 aromatic heterocycles. The number of sulfonamides is 1. The van der Waals surface area contributed by atoms with Crippen molar-refractivity contribution >= 4 is 38.3 Å². The molecule has 2 aliphatic heterocycles. The van der Waals surface area contributed by atoms with Gasteiger partial charge in [-0.3, -0.25) is 0 Å². The van der Waals surface area contributed by atoms with Crippen LogP contribution in [-0.2, 0) is 10.0 Å². The van der Waals surface area contributed by atoms with Crippen molar-refractivity contribution in [2.75, 3.05) is 38.2 Å². The molecule has 10 heteroatoms. The molecule has 32 heavy (non-hydrogen) atoms. The van der Waals surface area contributed by atoms with Gasteiger partial charge in [0.05, 0.1) is 12.0 Å². The molecule has 5 rings (SSSR count). The Balaban J connectivity index is 1.20. The minimum Gasteiger partial charge on any atom is -0.497 e. The maximum Gasteiger partial charge on any atom is 0.243 e. The predicted octanol–water partition coefficient (Wildman–Crippen LogP) is 4.16. The summed E-state index contributed by atoms with van der Waals surface area (Å²) in [6.45, 7) is 2.85. The average molecular weight is 491 g/mol. The summed E-state index contributed by atoms with van der Waals surface area (Å²) in [4.78, 5) is 7.25. The first-order chi connectivity index (χ1) is 15.4. The number of aromatic nitrogens is 2. The number of rotatable bonds is 5. The lowest BCUT2D eigenvalue weighted by molar-refractivity contribution is 0.115. The second-order valence-electron chi connectivity index (χ2n) is 8.34. The van der Waals surface area contributed by atoms with Crippen molar-refractivity contribution in [1.29, 1.82) is 0 Å². The summed E-state index contributed by atoms with van der Waals surface area (Å²) >= 11 is 7.36. The zero-order valence-electron chi connectivity index (χ0n) is 17.6. The van der Waals surface area contributed by atoms with Crippen molar-refractivity contribution in [2.24, 2.45) is 5.41 Å². The molecule has 0 bridgehead atoms. The summed E-state index contributed by atoms with van der Waals surface area (Å²) in [6, 6.07) is 14.1. The minimum absolute atomic E-state index is 0.151. The number of piperidine rings is 1. The first-order valence-electron chi connectivity index (χ1n) is 10.4. The lowest BCUT2D eigenvalue weighted by atomic mass is 9.73.